The SMILES string of the molecule is CCOC(=O)C(Cl)Cc1ccc(Cl)cc1. The Balaban J connectivity index is 2.54. The van der Waals surface area contributed by atoms with Gasteiger partial charge in [-0.25, -0.2) is 0 Å². The second-order valence-electron chi connectivity index (χ2n) is 3.05. The van der Waals surface area contributed by atoms with Crippen LogP contribution < -0.4 is 0 Å². The maximum absolute atomic E-state index is 11.2. The average Bonchev–Trinajstić information content (AvgIpc) is 2.22. The molecule has 1 rings (SSSR count). The quantitative estimate of drug-likeness (QED) is 0.603. The predicted octanol–water partition coefficient (Wildman–Crippen LogP) is 3.05. The standard InChI is InChI=1S/C11H12Cl2O2/c1-2-15-11(14)10(13)7-8-3-5-9(12)6-4-8/h3-6,10H,2,7H2,1H3. The summed E-state index contributed by atoms with van der Waals surface area (Å²) in [5.74, 6) is -0.380. The third-order valence-corrected chi connectivity index (χ3v) is 2.45. The van der Waals surface area contributed by atoms with Crippen molar-refractivity contribution in [2.75, 3.05) is 6.61 Å². The zero-order chi connectivity index (χ0) is 11.3. The lowest BCUT2D eigenvalue weighted by Crippen LogP contribution is -2.20. The Morgan fingerprint density at radius 2 is 2.00 bits per heavy atom. The number of esters is 1. The highest BCUT2D eigenvalue weighted by Crippen LogP contribution is 2.13. The topological polar surface area (TPSA) is 26.3 Å². The Bertz CT molecular complexity index is 322. The number of carbonyl (C=O) groups is 1. The van der Waals surface area contributed by atoms with E-state index in [4.69, 9.17) is 27.9 Å². The molecule has 0 N–H and O–H groups in total. The van der Waals surface area contributed by atoms with Crippen LogP contribution >= 0.6 is 23.2 Å². The molecule has 1 unspecified atom stereocenters. The van der Waals surface area contributed by atoms with Crippen molar-refractivity contribution in [3.8, 4) is 0 Å². The molecule has 1 aromatic carbocycles. The lowest BCUT2D eigenvalue weighted by atomic mass is 10.1. The van der Waals surface area contributed by atoms with Crippen LogP contribution in [0.25, 0.3) is 0 Å². The number of rotatable bonds is 4. The maximum Gasteiger partial charge on any atom is 0.324 e. The van der Waals surface area contributed by atoms with Crippen LogP contribution in [0, 0.1) is 0 Å². The van der Waals surface area contributed by atoms with E-state index in [-0.39, 0.29) is 5.97 Å². The monoisotopic (exact) mass is 246 g/mol. The van der Waals surface area contributed by atoms with E-state index in [1.807, 2.05) is 12.1 Å². The van der Waals surface area contributed by atoms with E-state index in [1.54, 1.807) is 19.1 Å². The van der Waals surface area contributed by atoms with Gasteiger partial charge in [-0.1, -0.05) is 23.7 Å². The summed E-state index contributed by atoms with van der Waals surface area (Å²) in [6.45, 7) is 2.10. The summed E-state index contributed by atoms with van der Waals surface area (Å²) >= 11 is 11.6. The Kier molecular flexibility index (Phi) is 4.92. The molecule has 82 valence electrons. The van der Waals surface area contributed by atoms with Gasteiger partial charge < -0.3 is 4.74 Å². The van der Waals surface area contributed by atoms with Gasteiger partial charge in [-0.3, -0.25) is 4.79 Å². The first kappa shape index (κ1) is 12.3. The van der Waals surface area contributed by atoms with E-state index in [2.05, 4.69) is 0 Å². The highest BCUT2D eigenvalue weighted by molar-refractivity contribution is 6.30. The van der Waals surface area contributed by atoms with Crippen LogP contribution in [0.3, 0.4) is 0 Å². The minimum absolute atomic E-state index is 0.350. The van der Waals surface area contributed by atoms with Crippen LogP contribution in [0.1, 0.15) is 12.5 Å². The molecule has 0 aromatic heterocycles. The number of hydrogen-bond acceptors (Lipinski definition) is 2. The zero-order valence-electron chi connectivity index (χ0n) is 8.37. The van der Waals surface area contributed by atoms with E-state index in [0.717, 1.165) is 5.56 Å². The number of hydrogen-bond donors (Lipinski definition) is 0. The molecule has 0 aliphatic rings. The van der Waals surface area contributed by atoms with Crippen LogP contribution in [0.2, 0.25) is 5.02 Å². The van der Waals surface area contributed by atoms with Gasteiger partial charge in [0.2, 0.25) is 0 Å². The molecule has 0 bridgehead atoms. The van der Waals surface area contributed by atoms with E-state index < -0.39 is 5.38 Å². The number of benzene rings is 1. The van der Waals surface area contributed by atoms with Gasteiger partial charge in [-0.15, -0.1) is 11.6 Å². The number of halogens is 2. The predicted molar refractivity (Wildman–Crippen MR) is 61.4 cm³/mol. The van der Waals surface area contributed by atoms with Crippen molar-refractivity contribution < 1.29 is 9.53 Å². The van der Waals surface area contributed by atoms with Crippen LogP contribution in [0.4, 0.5) is 0 Å². The lowest BCUT2D eigenvalue weighted by Gasteiger charge is -2.08. The van der Waals surface area contributed by atoms with Crippen LogP contribution in [-0.2, 0) is 16.0 Å². The summed E-state index contributed by atoms with van der Waals surface area (Å²) in [4.78, 5) is 11.2. The normalized spacial score (nSPS) is 12.2. The first-order chi connectivity index (χ1) is 7.13. The summed E-state index contributed by atoms with van der Waals surface area (Å²) in [7, 11) is 0. The molecule has 0 heterocycles. The first-order valence-electron chi connectivity index (χ1n) is 4.68. The van der Waals surface area contributed by atoms with Crippen molar-refractivity contribution in [3.05, 3.63) is 34.9 Å². The summed E-state index contributed by atoms with van der Waals surface area (Å²) < 4.78 is 4.80. The molecule has 0 saturated heterocycles. The molecule has 0 aliphatic carbocycles. The Hall–Kier alpha value is -0.730. The molecule has 4 heteroatoms. The molecular formula is C11H12Cl2O2. The van der Waals surface area contributed by atoms with Crippen molar-refractivity contribution in [1.82, 2.24) is 0 Å². The fourth-order valence-electron chi connectivity index (χ4n) is 1.14. The van der Waals surface area contributed by atoms with Gasteiger partial charge in [0.25, 0.3) is 0 Å². The van der Waals surface area contributed by atoms with E-state index >= 15 is 0 Å². The second kappa shape index (κ2) is 5.99. The van der Waals surface area contributed by atoms with Crippen LogP contribution in [0.5, 0.6) is 0 Å². The summed E-state index contributed by atoms with van der Waals surface area (Å²) in [6.07, 6.45) is 0.456. The van der Waals surface area contributed by atoms with Crippen molar-refractivity contribution >= 4 is 29.2 Å². The van der Waals surface area contributed by atoms with E-state index in [1.165, 1.54) is 0 Å². The highest BCUT2D eigenvalue weighted by atomic mass is 35.5. The third-order valence-electron chi connectivity index (χ3n) is 1.87. The molecule has 15 heavy (non-hydrogen) atoms. The minimum Gasteiger partial charge on any atom is -0.465 e. The molecule has 1 aromatic rings. The van der Waals surface area contributed by atoms with Gasteiger partial charge in [-0.2, -0.15) is 0 Å². The van der Waals surface area contributed by atoms with Gasteiger partial charge in [-0.05, 0) is 31.0 Å². The lowest BCUT2D eigenvalue weighted by molar-refractivity contribution is -0.142. The summed E-state index contributed by atoms with van der Waals surface area (Å²) in [6, 6.07) is 7.23. The maximum atomic E-state index is 11.2. The van der Waals surface area contributed by atoms with Crippen molar-refractivity contribution in [2.45, 2.75) is 18.7 Å². The van der Waals surface area contributed by atoms with Crippen LogP contribution in [-0.4, -0.2) is 18.0 Å². The van der Waals surface area contributed by atoms with Gasteiger partial charge >= 0.3 is 5.97 Å². The second-order valence-corrected chi connectivity index (χ2v) is 4.01. The molecule has 0 saturated carbocycles. The summed E-state index contributed by atoms with van der Waals surface area (Å²) in [5, 5.41) is 0.0344. The van der Waals surface area contributed by atoms with E-state index in [9.17, 15) is 4.79 Å². The smallest absolute Gasteiger partial charge is 0.324 e. The van der Waals surface area contributed by atoms with E-state index in [0.29, 0.717) is 18.1 Å². The molecular weight excluding hydrogens is 235 g/mol. The van der Waals surface area contributed by atoms with Crippen LogP contribution in [0.15, 0.2) is 24.3 Å². The number of carbonyl (C=O) groups excluding carboxylic acids is 1. The Morgan fingerprint density at radius 3 is 2.53 bits per heavy atom. The number of ether oxygens (including phenoxy) is 1. The number of alkyl halides is 1. The molecule has 0 radical (unpaired) electrons. The minimum atomic E-state index is -0.633. The highest BCUT2D eigenvalue weighted by Gasteiger charge is 2.16. The van der Waals surface area contributed by atoms with Gasteiger partial charge in [0.1, 0.15) is 5.38 Å². The molecule has 0 spiro atoms. The van der Waals surface area contributed by atoms with Gasteiger partial charge in [0.15, 0.2) is 0 Å². The fraction of sp³-hybridized carbons (Fsp3) is 0.364. The molecule has 0 aliphatic heterocycles. The molecule has 0 amide bonds. The van der Waals surface area contributed by atoms with Crippen molar-refractivity contribution in [2.24, 2.45) is 0 Å². The molecule has 1 atom stereocenters. The largest absolute Gasteiger partial charge is 0.465 e. The van der Waals surface area contributed by atoms with Gasteiger partial charge in [0.05, 0.1) is 6.61 Å². The average molecular weight is 247 g/mol. The Labute approximate surface area is 99.1 Å². The van der Waals surface area contributed by atoms with Gasteiger partial charge in [0, 0.05) is 5.02 Å². The Morgan fingerprint density at radius 1 is 1.40 bits per heavy atom. The van der Waals surface area contributed by atoms with Crippen molar-refractivity contribution in [1.29, 1.82) is 0 Å². The summed E-state index contributed by atoms with van der Waals surface area (Å²) in [5.41, 5.74) is 0.965. The third kappa shape index (κ3) is 4.10. The first-order valence-corrected chi connectivity index (χ1v) is 5.50. The molecule has 0 fully saturated rings. The fourth-order valence-corrected chi connectivity index (χ4v) is 1.51. The zero-order valence-corrected chi connectivity index (χ0v) is 9.89. The molecule has 2 nitrogen and oxygen atoms in total. The van der Waals surface area contributed by atoms with Crippen molar-refractivity contribution in [3.63, 3.8) is 0 Å².